The van der Waals surface area contributed by atoms with E-state index in [1.807, 2.05) is 54.7 Å². The minimum Gasteiger partial charge on any atom is -0.495 e. The van der Waals surface area contributed by atoms with Crippen molar-refractivity contribution < 1.29 is 9.53 Å². The molecule has 0 unspecified atom stereocenters. The Morgan fingerprint density at radius 3 is 2.39 bits per heavy atom. The Morgan fingerprint density at radius 1 is 0.951 bits per heavy atom. The molecule has 5 rings (SSSR count). The van der Waals surface area contributed by atoms with Gasteiger partial charge < -0.3 is 20.4 Å². The van der Waals surface area contributed by atoms with Crippen LogP contribution in [0.15, 0.2) is 66.9 Å². The van der Waals surface area contributed by atoms with Crippen LogP contribution in [0.5, 0.6) is 5.75 Å². The van der Waals surface area contributed by atoms with Crippen LogP contribution in [0.2, 0.25) is 0 Å². The summed E-state index contributed by atoms with van der Waals surface area (Å²) in [5, 5.41) is 7.96. The van der Waals surface area contributed by atoms with Crippen molar-refractivity contribution in [3.63, 3.8) is 0 Å². The number of rotatable bonds is 8. The zero-order chi connectivity index (χ0) is 29.1. The Hall–Kier alpha value is -4.43. The number of anilines is 2. The summed E-state index contributed by atoms with van der Waals surface area (Å²) in [6.07, 6.45) is 1.87. The van der Waals surface area contributed by atoms with Gasteiger partial charge in [-0.2, -0.15) is 0 Å². The van der Waals surface area contributed by atoms with Crippen LogP contribution >= 0.6 is 0 Å². The van der Waals surface area contributed by atoms with Gasteiger partial charge in [-0.25, -0.2) is 14.8 Å². The van der Waals surface area contributed by atoms with E-state index in [4.69, 9.17) is 9.72 Å². The molecule has 3 N–H and O–H groups in total. The van der Waals surface area contributed by atoms with Crippen LogP contribution in [0, 0.1) is 0 Å². The number of nitrogens with zero attached hydrogens (tertiary/aromatic N) is 3. The molecule has 8 nitrogen and oxygen atoms in total. The van der Waals surface area contributed by atoms with Gasteiger partial charge in [0, 0.05) is 17.1 Å². The van der Waals surface area contributed by atoms with Gasteiger partial charge in [-0.05, 0) is 59.3 Å². The molecular weight excluding hydrogens is 512 g/mol. The molecule has 2 heterocycles. The second-order valence-electron chi connectivity index (χ2n) is 11.2. The number of urea groups is 1. The summed E-state index contributed by atoms with van der Waals surface area (Å²) in [6.45, 7) is 13.4. The number of nitrogens with one attached hydrogen (secondary N) is 3. The number of methoxy groups -OCH3 is 1. The zero-order valence-electron chi connectivity index (χ0n) is 24.6. The Labute approximate surface area is 241 Å². The molecule has 0 saturated heterocycles. The van der Waals surface area contributed by atoms with E-state index in [-0.39, 0.29) is 11.4 Å². The Morgan fingerprint density at radius 2 is 1.68 bits per heavy atom. The number of aromatic amines is 1. The molecule has 0 bridgehead atoms. The summed E-state index contributed by atoms with van der Waals surface area (Å²) in [5.74, 6) is 1.52. The van der Waals surface area contributed by atoms with E-state index in [1.54, 1.807) is 7.11 Å². The molecule has 0 aliphatic rings. The van der Waals surface area contributed by atoms with Crippen LogP contribution in [0.25, 0.3) is 33.1 Å². The van der Waals surface area contributed by atoms with E-state index in [1.165, 1.54) is 0 Å². The molecule has 0 spiro atoms. The van der Waals surface area contributed by atoms with Crippen LogP contribution in [0.4, 0.5) is 16.2 Å². The molecule has 5 aromatic rings. The van der Waals surface area contributed by atoms with E-state index in [0.717, 1.165) is 64.1 Å². The third kappa shape index (κ3) is 6.02. The summed E-state index contributed by atoms with van der Waals surface area (Å²) in [7, 11) is 1.60. The van der Waals surface area contributed by atoms with Crippen LogP contribution in [0.1, 0.15) is 46.0 Å². The Kier molecular flexibility index (Phi) is 7.94. The second-order valence-corrected chi connectivity index (χ2v) is 11.2. The van der Waals surface area contributed by atoms with E-state index in [2.05, 4.69) is 72.3 Å². The fourth-order valence-electron chi connectivity index (χ4n) is 5.03. The number of imidazole rings is 1. The SMILES string of the molecule is CCN(CC)Cc1nc2cc(-c3ccc(NC(=O)Nc4cc(C(C)(C)C)ccc4OC)c4ccccc34)cnc2[nH]1. The van der Waals surface area contributed by atoms with Crippen LogP contribution in [-0.4, -0.2) is 46.1 Å². The average molecular weight is 551 g/mol. The smallest absolute Gasteiger partial charge is 0.323 e. The van der Waals surface area contributed by atoms with Gasteiger partial charge in [-0.1, -0.05) is 71.0 Å². The first-order chi connectivity index (χ1) is 19.7. The normalized spacial score (nSPS) is 11.8. The highest BCUT2D eigenvalue weighted by atomic mass is 16.5. The first kappa shape index (κ1) is 28.1. The van der Waals surface area contributed by atoms with Crippen molar-refractivity contribution in [1.82, 2.24) is 19.9 Å². The predicted molar refractivity (Wildman–Crippen MR) is 168 cm³/mol. The Balaban J connectivity index is 1.43. The number of carbonyl (C=O) groups excluding carboxylic acids is 1. The van der Waals surface area contributed by atoms with Crippen LogP contribution in [0.3, 0.4) is 0 Å². The van der Waals surface area contributed by atoms with Gasteiger partial charge in [0.2, 0.25) is 0 Å². The van der Waals surface area contributed by atoms with Crippen molar-refractivity contribution >= 4 is 39.3 Å². The van der Waals surface area contributed by atoms with E-state index in [9.17, 15) is 4.79 Å². The summed E-state index contributed by atoms with van der Waals surface area (Å²) < 4.78 is 5.50. The first-order valence-corrected chi connectivity index (χ1v) is 14.1. The Bertz CT molecular complexity index is 1700. The lowest BCUT2D eigenvalue weighted by Gasteiger charge is -2.21. The minimum absolute atomic E-state index is 0.0636. The summed E-state index contributed by atoms with van der Waals surface area (Å²) >= 11 is 0. The minimum atomic E-state index is -0.340. The van der Waals surface area contributed by atoms with Gasteiger partial charge in [0.25, 0.3) is 0 Å². The molecular formula is C33H38N6O2. The molecule has 2 amide bonds. The lowest BCUT2D eigenvalue weighted by atomic mass is 9.87. The third-order valence-corrected chi connectivity index (χ3v) is 7.45. The van der Waals surface area contributed by atoms with Gasteiger partial charge in [-0.15, -0.1) is 0 Å². The topological polar surface area (TPSA) is 95.2 Å². The lowest BCUT2D eigenvalue weighted by Crippen LogP contribution is -2.22. The fourth-order valence-corrected chi connectivity index (χ4v) is 5.03. The van der Waals surface area contributed by atoms with Crippen molar-refractivity contribution in [2.24, 2.45) is 0 Å². The molecule has 8 heteroatoms. The predicted octanol–water partition coefficient (Wildman–Crippen LogP) is 7.57. The van der Waals surface area contributed by atoms with Crippen molar-refractivity contribution in [2.45, 2.75) is 46.6 Å². The number of carbonyl (C=O) groups is 1. The van der Waals surface area contributed by atoms with E-state index < -0.39 is 0 Å². The molecule has 2 aromatic heterocycles. The summed E-state index contributed by atoms with van der Waals surface area (Å²) in [4.78, 5) is 28.3. The maximum Gasteiger partial charge on any atom is 0.323 e. The maximum absolute atomic E-state index is 13.2. The van der Waals surface area contributed by atoms with Crippen LogP contribution in [-0.2, 0) is 12.0 Å². The number of hydrogen-bond donors (Lipinski definition) is 3. The summed E-state index contributed by atoms with van der Waals surface area (Å²) in [6, 6.07) is 19.6. The summed E-state index contributed by atoms with van der Waals surface area (Å²) in [5.41, 5.74) is 5.98. The lowest BCUT2D eigenvalue weighted by molar-refractivity contribution is 0.262. The number of ether oxygens (including phenoxy) is 1. The zero-order valence-corrected chi connectivity index (χ0v) is 24.6. The molecule has 212 valence electrons. The largest absolute Gasteiger partial charge is 0.495 e. The van der Waals surface area contributed by atoms with Crippen molar-refractivity contribution in [2.75, 3.05) is 30.8 Å². The number of benzene rings is 3. The monoisotopic (exact) mass is 550 g/mol. The second kappa shape index (κ2) is 11.6. The van der Waals surface area contributed by atoms with Gasteiger partial charge in [0.1, 0.15) is 17.1 Å². The van der Waals surface area contributed by atoms with Gasteiger partial charge >= 0.3 is 6.03 Å². The van der Waals surface area contributed by atoms with E-state index >= 15 is 0 Å². The first-order valence-electron chi connectivity index (χ1n) is 14.1. The molecule has 3 aromatic carbocycles. The van der Waals surface area contributed by atoms with Crippen molar-refractivity contribution in [1.29, 1.82) is 0 Å². The number of hydrogen-bond acceptors (Lipinski definition) is 5. The maximum atomic E-state index is 13.2. The quantitative estimate of drug-likeness (QED) is 0.185. The molecule has 0 saturated carbocycles. The van der Waals surface area contributed by atoms with Gasteiger partial charge in [-0.3, -0.25) is 4.90 Å². The molecule has 0 fully saturated rings. The van der Waals surface area contributed by atoms with Gasteiger partial charge in [0.05, 0.1) is 25.0 Å². The highest BCUT2D eigenvalue weighted by molar-refractivity contribution is 6.10. The molecule has 0 aliphatic heterocycles. The number of fused-ring (bicyclic) bond motifs is 2. The number of pyridine rings is 1. The number of aromatic nitrogens is 3. The van der Waals surface area contributed by atoms with E-state index in [0.29, 0.717) is 17.1 Å². The standard InChI is InChI=1S/C33H38N6O2/c1-7-39(8-2)20-30-35-28-17-21(19-34-31(28)38-30)23-14-15-26(25-12-10-9-11-24(23)25)36-32(40)37-27-18-22(33(3,4)5)13-16-29(27)41-6/h9-19H,7-8,20H2,1-6H3,(H,34,35,38)(H2,36,37,40). The third-order valence-electron chi connectivity index (χ3n) is 7.45. The molecule has 41 heavy (non-hydrogen) atoms. The van der Waals surface area contributed by atoms with Crippen LogP contribution < -0.4 is 15.4 Å². The van der Waals surface area contributed by atoms with Gasteiger partial charge in [0.15, 0.2) is 5.65 Å². The highest BCUT2D eigenvalue weighted by Crippen LogP contribution is 2.35. The molecule has 0 radical (unpaired) electrons. The van der Waals surface area contributed by atoms with Crippen molar-refractivity contribution in [3.05, 3.63) is 78.2 Å². The highest BCUT2D eigenvalue weighted by Gasteiger charge is 2.18. The number of H-pyrrole nitrogens is 1. The number of amides is 2. The fraction of sp³-hybridized carbons (Fsp3) is 0.303. The average Bonchev–Trinajstić information content (AvgIpc) is 3.37. The van der Waals surface area contributed by atoms with Crippen molar-refractivity contribution in [3.8, 4) is 16.9 Å². The molecule has 0 aliphatic carbocycles. The molecule has 0 atom stereocenters.